The molecule has 2 heterocycles. The molecule has 1 aliphatic rings. The number of carboxylic acid groups (broad SMARTS) is 1. The highest BCUT2D eigenvalue weighted by Gasteiger charge is 2.33. The molecule has 1 N–H and O–H groups in total. The van der Waals surface area contributed by atoms with Crippen molar-refractivity contribution < 1.29 is 19.4 Å². The summed E-state index contributed by atoms with van der Waals surface area (Å²) in [5.41, 5.74) is 1.73. The van der Waals surface area contributed by atoms with Crippen molar-refractivity contribution >= 4 is 51.9 Å². The van der Waals surface area contributed by atoms with E-state index in [4.69, 9.17) is 14.8 Å². The third-order valence-electron chi connectivity index (χ3n) is 4.76. The normalized spacial score (nSPS) is 16.2. The largest absolute Gasteiger partial charge is 0.497 e. The van der Waals surface area contributed by atoms with Crippen LogP contribution >= 0.6 is 23.1 Å². The van der Waals surface area contributed by atoms with E-state index in [9.17, 15) is 9.59 Å². The summed E-state index contributed by atoms with van der Waals surface area (Å²) in [6.45, 7) is 2.32. The molecule has 1 fully saturated rings. The molecule has 3 aromatic rings. The van der Waals surface area contributed by atoms with Crippen molar-refractivity contribution in [3.05, 3.63) is 86.5 Å². The van der Waals surface area contributed by atoms with Gasteiger partial charge in [-0.1, -0.05) is 12.1 Å². The van der Waals surface area contributed by atoms with Gasteiger partial charge in [0, 0.05) is 9.75 Å². The maximum absolute atomic E-state index is 13.2. The van der Waals surface area contributed by atoms with Crippen molar-refractivity contribution in [3.8, 4) is 5.75 Å². The van der Waals surface area contributed by atoms with Gasteiger partial charge < -0.3 is 9.84 Å². The van der Waals surface area contributed by atoms with Crippen molar-refractivity contribution in [1.82, 2.24) is 4.90 Å². The molecule has 0 radical (unpaired) electrons. The lowest BCUT2D eigenvalue weighted by molar-refractivity contribution is -0.122. The number of nitrogens with zero attached hydrogens (tertiary/aromatic N) is 2. The summed E-state index contributed by atoms with van der Waals surface area (Å²) in [6.07, 6.45) is 1.89. The van der Waals surface area contributed by atoms with E-state index in [0.29, 0.717) is 22.3 Å². The fourth-order valence-electron chi connectivity index (χ4n) is 3.09. The van der Waals surface area contributed by atoms with Crippen LogP contribution in [0.4, 0.5) is 5.69 Å². The smallest absolute Gasteiger partial charge is 0.335 e. The van der Waals surface area contributed by atoms with Crippen molar-refractivity contribution in [2.24, 2.45) is 4.99 Å². The topological polar surface area (TPSA) is 79.2 Å². The monoisotopic (exact) mass is 464 g/mol. The minimum atomic E-state index is -0.984. The molecule has 32 heavy (non-hydrogen) atoms. The van der Waals surface area contributed by atoms with E-state index in [2.05, 4.69) is 0 Å². The number of thiophene rings is 1. The zero-order valence-corrected chi connectivity index (χ0v) is 19.1. The average molecular weight is 465 g/mol. The second-order valence-electron chi connectivity index (χ2n) is 7.04. The van der Waals surface area contributed by atoms with E-state index in [1.54, 1.807) is 35.5 Å². The van der Waals surface area contributed by atoms with Gasteiger partial charge in [-0.2, -0.15) is 0 Å². The number of hydrogen-bond donors (Lipinski definition) is 1. The molecular weight excluding hydrogens is 444 g/mol. The van der Waals surface area contributed by atoms with E-state index in [-0.39, 0.29) is 11.5 Å². The number of hydrogen-bond acceptors (Lipinski definition) is 6. The molecule has 1 saturated heterocycles. The van der Waals surface area contributed by atoms with Crippen LogP contribution in [0.2, 0.25) is 0 Å². The molecular formula is C24H20N2O4S2. The van der Waals surface area contributed by atoms with Gasteiger partial charge in [-0.25, -0.2) is 9.79 Å². The third kappa shape index (κ3) is 4.92. The first-order valence-electron chi connectivity index (χ1n) is 9.76. The van der Waals surface area contributed by atoms with Crippen molar-refractivity contribution in [2.45, 2.75) is 13.5 Å². The molecule has 0 unspecified atom stereocenters. The predicted octanol–water partition coefficient (Wildman–Crippen LogP) is 5.57. The summed E-state index contributed by atoms with van der Waals surface area (Å²) in [4.78, 5) is 33.5. The Morgan fingerprint density at radius 3 is 2.41 bits per heavy atom. The number of rotatable bonds is 6. The standard InChI is InChI=1S/C24H20N2O4S2/c1-15-3-12-20(31-15)13-21-22(27)26(14-16-4-6-17(7-5-16)23(28)29)24(32-21)25-18-8-10-19(30-2)11-9-18/h3-13H,14H2,1-2H3,(H,28,29)/b21-13-,25-24?. The van der Waals surface area contributed by atoms with Gasteiger partial charge in [0.2, 0.25) is 0 Å². The third-order valence-corrected chi connectivity index (χ3v) is 6.72. The summed E-state index contributed by atoms with van der Waals surface area (Å²) in [5, 5.41) is 9.69. The van der Waals surface area contributed by atoms with Crippen LogP contribution < -0.4 is 4.74 Å². The first-order chi connectivity index (χ1) is 15.4. The minimum Gasteiger partial charge on any atom is -0.497 e. The Bertz CT molecular complexity index is 1210. The Labute approximate surface area is 193 Å². The highest BCUT2D eigenvalue weighted by atomic mass is 32.2. The number of amidine groups is 1. The molecule has 6 nitrogen and oxygen atoms in total. The number of carbonyl (C=O) groups is 2. The zero-order chi connectivity index (χ0) is 22.7. The van der Waals surface area contributed by atoms with Crippen LogP contribution in [0.25, 0.3) is 6.08 Å². The summed E-state index contributed by atoms with van der Waals surface area (Å²) >= 11 is 2.96. The Morgan fingerprint density at radius 1 is 1.09 bits per heavy atom. The van der Waals surface area contributed by atoms with Gasteiger partial charge >= 0.3 is 5.97 Å². The molecule has 4 rings (SSSR count). The van der Waals surface area contributed by atoms with Gasteiger partial charge in [-0.3, -0.25) is 9.69 Å². The highest BCUT2D eigenvalue weighted by Crippen LogP contribution is 2.36. The number of thioether (sulfide) groups is 1. The Balaban J connectivity index is 1.66. The lowest BCUT2D eigenvalue weighted by atomic mass is 10.1. The van der Waals surface area contributed by atoms with Crippen LogP contribution in [0.15, 0.2) is 70.6 Å². The molecule has 0 aliphatic carbocycles. The SMILES string of the molecule is COc1ccc(N=C2S/C(=C\c3ccc(C)s3)C(=O)N2Cc2ccc(C(=O)O)cc2)cc1. The number of aromatic carboxylic acids is 1. The highest BCUT2D eigenvalue weighted by molar-refractivity contribution is 8.18. The van der Waals surface area contributed by atoms with Gasteiger partial charge in [0.05, 0.1) is 29.8 Å². The maximum atomic E-state index is 13.2. The summed E-state index contributed by atoms with van der Waals surface area (Å²) < 4.78 is 5.20. The predicted molar refractivity (Wildman–Crippen MR) is 129 cm³/mol. The Morgan fingerprint density at radius 2 is 1.81 bits per heavy atom. The first-order valence-corrected chi connectivity index (χ1v) is 11.4. The molecule has 0 atom stereocenters. The Kier molecular flexibility index (Phi) is 6.43. The number of ether oxygens (including phenoxy) is 1. The molecule has 0 spiro atoms. The number of aliphatic imine (C=N–C) groups is 1. The average Bonchev–Trinajstić information content (AvgIpc) is 3.32. The molecule has 162 valence electrons. The van der Waals surface area contributed by atoms with Gasteiger partial charge in [0.15, 0.2) is 5.17 Å². The molecule has 1 amide bonds. The van der Waals surface area contributed by atoms with Gasteiger partial charge in [0.25, 0.3) is 5.91 Å². The lowest BCUT2D eigenvalue weighted by Crippen LogP contribution is -2.28. The molecule has 1 aromatic heterocycles. The number of benzene rings is 2. The number of amides is 1. The quantitative estimate of drug-likeness (QED) is 0.483. The first kappa shape index (κ1) is 21.9. The number of carbonyl (C=O) groups excluding carboxylic acids is 1. The summed E-state index contributed by atoms with van der Waals surface area (Å²) in [5.74, 6) is -0.383. The zero-order valence-electron chi connectivity index (χ0n) is 17.4. The van der Waals surface area contributed by atoms with Crippen LogP contribution in [0.5, 0.6) is 5.75 Å². The van der Waals surface area contributed by atoms with Crippen LogP contribution in [0.1, 0.15) is 25.7 Å². The number of aryl methyl sites for hydroxylation is 1. The fraction of sp³-hybridized carbons (Fsp3) is 0.125. The molecule has 8 heteroatoms. The van der Waals surface area contributed by atoms with Crippen molar-refractivity contribution in [2.75, 3.05) is 7.11 Å². The van der Waals surface area contributed by atoms with E-state index in [1.807, 2.05) is 49.4 Å². The minimum absolute atomic E-state index is 0.129. The molecule has 0 bridgehead atoms. The van der Waals surface area contributed by atoms with Crippen LogP contribution in [0, 0.1) is 6.92 Å². The summed E-state index contributed by atoms with van der Waals surface area (Å²) in [7, 11) is 1.60. The van der Waals surface area contributed by atoms with Gasteiger partial charge in [-0.15, -0.1) is 11.3 Å². The van der Waals surface area contributed by atoms with Crippen LogP contribution in [-0.4, -0.2) is 34.2 Å². The van der Waals surface area contributed by atoms with Crippen molar-refractivity contribution in [3.63, 3.8) is 0 Å². The van der Waals surface area contributed by atoms with E-state index in [0.717, 1.165) is 16.2 Å². The molecule has 0 saturated carbocycles. The van der Waals surface area contributed by atoms with E-state index in [1.165, 1.54) is 28.8 Å². The Hall–Kier alpha value is -3.36. The van der Waals surface area contributed by atoms with Crippen molar-refractivity contribution in [1.29, 1.82) is 0 Å². The fourth-order valence-corrected chi connectivity index (χ4v) is 4.98. The maximum Gasteiger partial charge on any atom is 0.335 e. The van der Waals surface area contributed by atoms with Crippen LogP contribution in [0.3, 0.4) is 0 Å². The molecule has 2 aromatic carbocycles. The van der Waals surface area contributed by atoms with Crippen LogP contribution in [-0.2, 0) is 11.3 Å². The molecule has 1 aliphatic heterocycles. The van der Waals surface area contributed by atoms with E-state index < -0.39 is 5.97 Å². The number of carboxylic acids is 1. The van der Waals surface area contributed by atoms with Gasteiger partial charge in [0.1, 0.15) is 5.75 Å². The van der Waals surface area contributed by atoms with E-state index >= 15 is 0 Å². The summed E-state index contributed by atoms with van der Waals surface area (Å²) in [6, 6.07) is 17.8. The second-order valence-corrected chi connectivity index (χ2v) is 9.37. The second kappa shape index (κ2) is 9.42. The number of methoxy groups -OCH3 is 1. The lowest BCUT2D eigenvalue weighted by Gasteiger charge is -2.16. The van der Waals surface area contributed by atoms with Gasteiger partial charge in [-0.05, 0) is 78.9 Å².